The molecule has 1 aromatic carbocycles. The molecular weight excluding hydrogens is 384 g/mol. The van der Waals surface area contributed by atoms with Crippen molar-refractivity contribution in [2.75, 3.05) is 19.7 Å². The number of rotatable bonds is 5. The first-order chi connectivity index (χ1) is 13.4. The molecule has 3 rings (SSSR count). The molecule has 1 aliphatic rings. The summed E-state index contributed by atoms with van der Waals surface area (Å²) in [5.41, 5.74) is 6.54. The van der Waals surface area contributed by atoms with Crippen molar-refractivity contribution >= 4 is 29.4 Å². The van der Waals surface area contributed by atoms with Gasteiger partial charge in [0.05, 0.1) is 11.4 Å². The van der Waals surface area contributed by atoms with E-state index in [1.165, 1.54) is 4.68 Å². The van der Waals surface area contributed by atoms with Crippen LogP contribution in [0.3, 0.4) is 0 Å². The highest BCUT2D eigenvalue weighted by molar-refractivity contribution is 6.33. The van der Waals surface area contributed by atoms with Gasteiger partial charge in [-0.25, -0.2) is 9.48 Å². The summed E-state index contributed by atoms with van der Waals surface area (Å²) < 4.78 is 6.62. The van der Waals surface area contributed by atoms with Crippen LogP contribution in [-0.2, 0) is 14.3 Å². The van der Waals surface area contributed by atoms with Gasteiger partial charge in [0.2, 0.25) is 5.91 Å². The average molecular weight is 405 g/mol. The minimum atomic E-state index is -0.704. The van der Waals surface area contributed by atoms with E-state index in [1.807, 2.05) is 30.3 Å². The molecule has 0 radical (unpaired) electrons. The quantitative estimate of drug-likeness (QED) is 0.763. The Balaban J connectivity index is 1.62. The third-order valence-corrected chi connectivity index (χ3v) is 5.13. The minimum absolute atomic E-state index is 0.128. The number of carbonyl (C=O) groups is 3. The van der Waals surface area contributed by atoms with Gasteiger partial charge < -0.3 is 15.4 Å². The van der Waals surface area contributed by atoms with E-state index < -0.39 is 12.6 Å². The number of aryl methyl sites for hydroxylation is 1. The normalized spacial score (nSPS) is 14.7. The van der Waals surface area contributed by atoms with Crippen molar-refractivity contribution in [2.24, 2.45) is 11.7 Å². The van der Waals surface area contributed by atoms with Crippen LogP contribution in [0, 0.1) is 12.8 Å². The summed E-state index contributed by atoms with van der Waals surface area (Å²) in [6, 6.07) is 9.15. The molecular formula is C19H21ClN4O4. The van der Waals surface area contributed by atoms with Crippen LogP contribution in [-0.4, -0.2) is 52.2 Å². The van der Waals surface area contributed by atoms with Crippen LogP contribution in [0.2, 0.25) is 5.15 Å². The van der Waals surface area contributed by atoms with E-state index in [0.717, 1.165) is 0 Å². The first-order valence-corrected chi connectivity index (χ1v) is 9.31. The number of esters is 1. The monoisotopic (exact) mass is 404 g/mol. The molecule has 8 nitrogen and oxygen atoms in total. The molecule has 0 bridgehead atoms. The summed E-state index contributed by atoms with van der Waals surface area (Å²) >= 11 is 6.33. The second-order valence-electron chi connectivity index (χ2n) is 6.63. The number of benzene rings is 1. The van der Waals surface area contributed by atoms with Crippen LogP contribution >= 0.6 is 11.6 Å². The topological polar surface area (TPSA) is 108 Å². The van der Waals surface area contributed by atoms with Crippen molar-refractivity contribution in [3.8, 4) is 5.69 Å². The number of aromatic nitrogens is 2. The average Bonchev–Trinajstić information content (AvgIpc) is 3.00. The van der Waals surface area contributed by atoms with Crippen molar-refractivity contribution in [2.45, 2.75) is 19.8 Å². The Morgan fingerprint density at radius 2 is 1.86 bits per heavy atom. The molecule has 1 fully saturated rings. The van der Waals surface area contributed by atoms with Crippen LogP contribution < -0.4 is 5.73 Å². The number of ether oxygens (including phenoxy) is 1. The number of hydrogen-bond donors (Lipinski definition) is 1. The highest BCUT2D eigenvalue weighted by atomic mass is 35.5. The fourth-order valence-electron chi connectivity index (χ4n) is 3.18. The van der Waals surface area contributed by atoms with Gasteiger partial charge in [0, 0.05) is 19.0 Å². The number of hydrogen-bond acceptors (Lipinski definition) is 5. The van der Waals surface area contributed by atoms with Crippen LogP contribution in [0.15, 0.2) is 30.3 Å². The fraction of sp³-hybridized carbons (Fsp3) is 0.368. The van der Waals surface area contributed by atoms with Gasteiger partial charge in [-0.1, -0.05) is 29.8 Å². The maximum atomic E-state index is 12.5. The van der Waals surface area contributed by atoms with Gasteiger partial charge in [-0.3, -0.25) is 9.59 Å². The van der Waals surface area contributed by atoms with Crippen LogP contribution in [0.1, 0.15) is 28.9 Å². The third-order valence-electron chi connectivity index (χ3n) is 4.79. The molecule has 0 spiro atoms. The van der Waals surface area contributed by atoms with E-state index in [4.69, 9.17) is 22.1 Å². The van der Waals surface area contributed by atoms with E-state index >= 15 is 0 Å². The van der Waals surface area contributed by atoms with Crippen molar-refractivity contribution < 1.29 is 19.1 Å². The molecule has 0 atom stereocenters. The molecule has 1 aliphatic heterocycles. The van der Waals surface area contributed by atoms with E-state index in [0.29, 0.717) is 37.3 Å². The number of nitrogens with two attached hydrogens (primary N) is 1. The second kappa shape index (κ2) is 8.43. The van der Waals surface area contributed by atoms with E-state index in [9.17, 15) is 14.4 Å². The number of primary amides is 1. The van der Waals surface area contributed by atoms with Gasteiger partial charge in [0.1, 0.15) is 10.7 Å². The standard InChI is InChI=1S/C19H21ClN4O4/c1-12-16(17(20)24(22-12)14-5-3-2-4-6-14)19(27)28-11-15(25)23-9-7-13(8-10-23)18(21)26/h2-6,13H,7-11H2,1H3,(H2,21,26). The van der Waals surface area contributed by atoms with Gasteiger partial charge in [-0.15, -0.1) is 0 Å². The van der Waals surface area contributed by atoms with Gasteiger partial charge in [0.15, 0.2) is 6.61 Å². The largest absolute Gasteiger partial charge is 0.452 e. The van der Waals surface area contributed by atoms with Gasteiger partial charge in [-0.05, 0) is 31.9 Å². The lowest BCUT2D eigenvalue weighted by Gasteiger charge is -2.30. The number of piperidine rings is 1. The zero-order valence-corrected chi connectivity index (χ0v) is 16.2. The Morgan fingerprint density at radius 1 is 1.21 bits per heavy atom. The second-order valence-corrected chi connectivity index (χ2v) is 6.99. The van der Waals surface area contributed by atoms with Gasteiger partial charge in [-0.2, -0.15) is 5.10 Å². The number of halogens is 1. The molecule has 1 saturated heterocycles. The number of amides is 2. The molecule has 28 heavy (non-hydrogen) atoms. The van der Waals surface area contributed by atoms with Crippen molar-refractivity contribution in [3.05, 3.63) is 46.7 Å². The highest BCUT2D eigenvalue weighted by Gasteiger charge is 2.27. The predicted octanol–water partition coefficient (Wildman–Crippen LogP) is 1.71. The zero-order chi connectivity index (χ0) is 20.3. The molecule has 148 valence electrons. The Labute approximate surface area is 167 Å². The third kappa shape index (κ3) is 4.17. The zero-order valence-electron chi connectivity index (χ0n) is 15.4. The lowest BCUT2D eigenvalue weighted by atomic mass is 9.96. The molecule has 2 heterocycles. The number of carbonyl (C=O) groups excluding carboxylic acids is 3. The Morgan fingerprint density at radius 3 is 2.46 bits per heavy atom. The summed E-state index contributed by atoms with van der Waals surface area (Å²) in [5.74, 6) is -1.58. The maximum absolute atomic E-state index is 12.5. The van der Waals surface area contributed by atoms with Gasteiger partial charge in [0.25, 0.3) is 5.91 Å². The van der Waals surface area contributed by atoms with Gasteiger partial charge >= 0.3 is 5.97 Å². The number of likely N-dealkylation sites (tertiary alicyclic amines) is 1. The molecule has 1 aromatic heterocycles. The summed E-state index contributed by atoms with van der Waals surface area (Å²) in [6.45, 7) is 2.08. The van der Waals surface area contributed by atoms with Crippen LogP contribution in [0.25, 0.3) is 5.69 Å². The van der Waals surface area contributed by atoms with E-state index in [-0.39, 0.29) is 28.4 Å². The highest BCUT2D eigenvalue weighted by Crippen LogP contribution is 2.24. The molecule has 9 heteroatoms. The minimum Gasteiger partial charge on any atom is -0.452 e. The van der Waals surface area contributed by atoms with Crippen molar-refractivity contribution in [3.63, 3.8) is 0 Å². The van der Waals surface area contributed by atoms with Crippen LogP contribution in [0.4, 0.5) is 0 Å². The predicted molar refractivity (Wildman–Crippen MR) is 102 cm³/mol. The smallest absolute Gasteiger partial charge is 0.343 e. The Kier molecular flexibility index (Phi) is 5.99. The number of nitrogens with zero attached hydrogens (tertiary/aromatic N) is 3. The summed E-state index contributed by atoms with van der Waals surface area (Å²) in [6.07, 6.45) is 1.04. The summed E-state index contributed by atoms with van der Waals surface area (Å²) in [5, 5.41) is 4.42. The Hall–Kier alpha value is -2.87. The SMILES string of the molecule is Cc1nn(-c2ccccc2)c(Cl)c1C(=O)OCC(=O)N1CCC(C(N)=O)CC1. The molecule has 0 aliphatic carbocycles. The van der Waals surface area contributed by atoms with Crippen LogP contribution in [0.5, 0.6) is 0 Å². The van der Waals surface area contributed by atoms with E-state index in [2.05, 4.69) is 5.10 Å². The summed E-state index contributed by atoms with van der Waals surface area (Å²) in [4.78, 5) is 37.5. The molecule has 0 unspecified atom stereocenters. The first-order valence-electron chi connectivity index (χ1n) is 8.93. The van der Waals surface area contributed by atoms with Crippen molar-refractivity contribution in [1.82, 2.24) is 14.7 Å². The maximum Gasteiger partial charge on any atom is 0.343 e. The van der Waals surface area contributed by atoms with Crippen molar-refractivity contribution in [1.29, 1.82) is 0 Å². The van der Waals surface area contributed by atoms with E-state index in [1.54, 1.807) is 11.8 Å². The first kappa shape index (κ1) is 19.9. The molecule has 0 saturated carbocycles. The molecule has 2 aromatic rings. The summed E-state index contributed by atoms with van der Waals surface area (Å²) in [7, 11) is 0. The molecule has 2 amide bonds. The number of para-hydroxylation sites is 1. The Bertz CT molecular complexity index is 889. The lowest BCUT2D eigenvalue weighted by Crippen LogP contribution is -2.43. The lowest BCUT2D eigenvalue weighted by molar-refractivity contribution is -0.137. The fourth-order valence-corrected chi connectivity index (χ4v) is 3.52. The molecule has 2 N–H and O–H groups in total.